The maximum absolute atomic E-state index is 13.9. The lowest BCUT2D eigenvalue weighted by molar-refractivity contribution is 0.526. The van der Waals surface area contributed by atoms with E-state index in [4.69, 9.17) is 0 Å². The van der Waals surface area contributed by atoms with Gasteiger partial charge in [0.15, 0.2) is 0 Å². The zero-order chi connectivity index (χ0) is 14.0. The van der Waals surface area contributed by atoms with Crippen molar-refractivity contribution in [3.8, 4) is 0 Å². The second kappa shape index (κ2) is 5.56. The summed E-state index contributed by atoms with van der Waals surface area (Å²) in [5.41, 5.74) is 0.717. The summed E-state index contributed by atoms with van der Waals surface area (Å²) in [6.45, 7) is 2.33. The van der Waals surface area contributed by atoms with Gasteiger partial charge < -0.3 is 5.32 Å². The van der Waals surface area contributed by atoms with Crippen molar-refractivity contribution in [3.63, 3.8) is 0 Å². The average Bonchev–Trinajstić information content (AvgIpc) is 3.12. The molecule has 4 nitrogen and oxygen atoms in total. The van der Waals surface area contributed by atoms with Gasteiger partial charge in [0.1, 0.15) is 10.7 Å². The highest BCUT2D eigenvalue weighted by Crippen LogP contribution is 2.33. The Balaban J connectivity index is 2.19. The fourth-order valence-corrected chi connectivity index (χ4v) is 3.45. The van der Waals surface area contributed by atoms with E-state index in [1.54, 1.807) is 13.1 Å². The Hall–Kier alpha value is -0.980. The molecule has 1 atom stereocenters. The molecule has 1 aromatic rings. The summed E-state index contributed by atoms with van der Waals surface area (Å²) in [6.07, 6.45) is 2.07. The van der Waals surface area contributed by atoms with E-state index in [9.17, 15) is 12.8 Å². The summed E-state index contributed by atoms with van der Waals surface area (Å²) >= 11 is 0. The summed E-state index contributed by atoms with van der Waals surface area (Å²) < 4.78 is 40.6. The third-order valence-corrected chi connectivity index (χ3v) is 4.93. The number of hydrogen-bond donors (Lipinski definition) is 2. The van der Waals surface area contributed by atoms with E-state index in [0.717, 1.165) is 12.8 Å². The normalized spacial score (nSPS) is 17.4. The lowest BCUT2D eigenvalue weighted by Crippen LogP contribution is -2.34. The Morgan fingerprint density at radius 3 is 2.63 bits per heavy atom. The van der Waals surface area contributed by atoms with Crippen LogP contribution in [0.4, 0.5) is 4.39 Å². The summed E-state index contributed by atoms with van der Waals surface area (Å²) in [6, 6.07) is 4.06. The van der Waals surface area contributed by atoms with E-state index in [2.05, 4.69) is 10.0 Å². The van der Waals surface area contributed by atoms with Crippen molar-refractivity contribution in [2.75, 3.05) is 7.05 Å². The quantitative estimate of drug-likeness (QED) is 0.835. The summed E-state index contributed by atoms with van der Waals surface area (Å²) in [7, 11) is -2.02. The lowest BCUT2D eigenvalue weighted by Gasteiger charge is -2.14. The number of benzene rings is 1. The summed E-state index contributed by atoms with van der Waals surface area (Å²) in [5.74, 6) is -0.315. The van der Waals surface area contributed by atoms with Crippen LogP contribution in [0.25, 0.3) is 0 Å². The van der Waals surface area contributed by atoms with Crippen LogP contribution < -0.4 is 10.0 Å². The molecule has 0 aromatic heterocycles. The van der Waals surface area contributed by atoms with Gasteiger partial charge in [-0.1, -0.05) is 6.07 Å². The van der Waals surface area contributed by atoms with E-state index in [1.165, 1.54) is 12.1 Å². The van der Waals surface area contributed by atoms with Crippen LogP contribution in [0.15, 0.2) is 23.1 Å². The maximum atomic E-state index is 13.9. The zero-order valence-corrected chi connectivity index (χ0v) is 11.9. The van der Waals surface area contributed by atoms with Gasteiger partial charge in [-0.15, -0.1) is 0 Å². The number of nitrogens with one attached hydrogen (secondary N) is 2. The molecule has 0 saturated heterocycles. The molecule has 106 valence electrons. The van der Waals surface area contributed by atoms with Crippen molar-refractivity contribution in [3.05, 3.63) is 29.6 Å². The van der Waals surface area contributed by atoms with Crippen molar-refractivity contribution in [2.24, 2.45) is 5.92 Å². The van der Waals surface area contributed by atoms with Crippen LogP contribution in [-0.2, 0) is 16.6 Å². The Morgan fingerprint density at radius 2 is 2.11 bits per heavy atom. The van der Waals surface area contributed by atoms with Gasteiger partial charge >= 0.3 is 0 Å². The molecular weight excluding hydrogens is 267 g/mol. The summed E-state index contributed by atoms with van der Waals surface area (Å²) in [5, 5.41) is 2.89. The van der Waals surface area contributed by atoms with E-state index in [0.29, 0.717) is 18.0 Å². The fourth-order valence-electron chi connectivity index (χ4n) is 2.08. The van der Waals surface area contributed by atoms with Crippen LogP contribution >= 0.6 is 0 Å². The molecule has 2 rings (SSSR count). The van der Waals surface area contributed by atoms with Crippen molar-refractivity contribution < 1.29 is 12.8 Å². The van der Waals surface area contributed by atoms with Crippen molar-refractivity contribution in [1.82, 2.24) is 10.0 Å². The van der Waals surface area contributed by atoms with E-state index >= 15 is 0 Å². The van der Waals surface area contributed by atoms with E-state index in [1.807, 2.05) is 6.92 Å². The van der Waals surface area contributed by atoms with Gasteiger partial charge in [-0.25, -0.2) is 17.5 Å². The molecule has 6 heteroatoms. The predicted octanol–water partition coefficient (Wildman–Crippen LogP) is 1.62. The minimum atomic E-state index is -3.77. The smallest absolute Gasteiger partial charge is 0.243 e. The molecule has 2 N–H and O–H groups in total. The average molecular weight is 286 g/mol. The molecule has 0 amide bonds. The highest BCUT2D eigenvalue weighted by Gasteiger charge is 2.32. The van der Waals surface area contributed by atoms with Crippen molar-refractivity contribution >= 4 is 10.0 Å². The number of sulfonamides is 1. The van der Waals surface area contributed by atoms with Gasteiger partial charge in [-0.05, 0) is 50.4 Å². The first-order chi connectivity index (χ1) is 8.94. The van der Waals surface area contributed by atoms with Crippen molar-refractivity contribution in [2.45, 2.75) is 37.2 Å². The highest BCUT2D eigenvalue weighted by atomic mass is 32.2. The second-order valence-electron chi connectivity index (χ2n) is 5.04. The number of rotatable bonds is 6. The van der Waals surface area contributed by atoms with Gasteiger partial charge in [-0.2, -0.15) is 0 Å². The molecule has 0 bridgehead atoms. The van der Waals surface area contributed by atoms with Gasteiger partial charge in [0.05, 0.1) is 0 Å². The molecule has 1 aliphatic rings. The van der Waals surface area contributed by atoms with Gasteiger partial charge in [0.25, 0.3) is 0 Å². The Labute approximate surface area is 113 Å². The molecule has 0 radical (unpaired) electrons. The van der Waals surface area contributed by atoms with Crippen LogP contribution in [-0.4, -0.2) is 21.5 Å². The van der Waals surface area contributed by atoms with Crippen LogP contribution in [0, 0.1) is 11.7 Å². The predicted molar refractivity (Wildman–Crippen MR) is 71.7 cm³/mol. The van der Waals surface area contributed by atoms with Gasteiger partial charge in [-0.3, -0.25) is 0 Å². The van der Waals surface area contributed by atoms with Gasteiger partial charge in [0, 0.05) is 12.6 Å². The molecule has 0 heterocycles. The molecule has 19 heavy (non-hydrogen) atoms. The Kier molecular flexibility index (Phi) is 4.23. The standard InChI is InChI=1S/C13H19FN2O2S/c1-9(11-4-5-11)16-19(17,18)13-6-3-10(8-15-2)7-12(13)14/h3,6-7,9,11,15-16H,4-5,8H2,1-2H3. The summed E-state index contributed by atoms with van der Waals surface area (Å²) in [4.78, 5) is -0.278. The Morgan fingerprint density at radius 1 is 1.42 bits per heavy atom. The monoisotopic (exact) mass is 286 g/mol. The zero-order valence-electron chi connectivity index (χ0n) is 11.1. The first kappa shape index (κ1) is 14.4. The largest absolute Gasteiger partial charge is 0.316 e. The Bertz CT molecular complexity index is 556. The molecule has 1 aliphatic carbocycles. The minimum absolute atomic E-state index is 0.138. The first-order valence-corrected chi connectivity index (χ1v) is 7.87. The number of hydrogen-bond acceptors (Lipinski definition) is 3. The van der Waals surface area contributed by atoms with Crippen LogP contribution in [0.5, 0.6) is 0 Å². The van der Waals surface area contributed by atoms with Gasteiger partial charge in [0.2, 0.25) is 10.0 Å². The molecule has 1 fully saturated rings. The maximum Gasteiger partial charge on any atom is 0.243 e. The second-order valence-corrected chi connectivity index (χ2v) is 6.72. The molecular formula is C13H19FN2O2S. The van der Waals surface area contributed by atoms with E-state index in [-0.39, 0.29) is 10.9 Å². The first-order valence-electron chi connectivity index (χ1n) is 6.39. The SMILES string of the molecule is CNCc1ccc(S(=O)(=O)NC(C)C2CC2)c(F)c1. The topological polar surface area (TPSA) is 58.2 Å². The molecule has 1 aromatic carbocycles. The third kappa shape index (κ3) is 3.52. The fraction of sp³-hybridized carbons (Fsp3) is 0.538. The highest BCUT2D eigenvalue weighted by molar-refractivity contribution is 7.89. The molecule has 1 unspecified atom stereocenters. The van der Waals surface area contributed by atoms with Crippen LogP contribution in [0.2, 0.25) is 0 Å². The minimum Gasteiger partial charge on any atom is -0.316 e. The van der Waals surface area contributed by atoms with E-state index < -0.39 is 15.8 Å². The molecule has 0 spiro atoms. The lowest BCUT2D eigenvalue weighted by atomic mass is 10.2. The van der Waals surface area contributed by atoms with Crippen LogP contribution in [0.1, 0.15) is 25.3 Å². The van der Waals surface area contributed by atoms with Crippen LogP contribution in [0.3, 0.4) is 0 Å². The molecule has 0 aliphatic heterocycles. The van der Waals surface area contributed by atoms with Crippen molar-refractivity contribution in [1.29, 1.82) is 0 Å². The third-order valence-electron chi connectivity index (χ3n) is 3.34. The molecule has 1 saturated carbocycles. The number of halogens is 1.